The van der Waals surface area contributed by atoms with Crippen LogP contribution in [0.4, 0.5) is 0 Å². The van der Waals surface area contributed by atoms with Crippen LogP contribution in [0.25, 0.3) is 10.9 Å². The molecule has 1 atom stereocenters. The third-order valence-electron chi connectivity index (χ3n) is 6.24. The van der Waals surface area contributed by atoms with Gasteiger partial charge in [-0.05, 0) is 74.4 Å². The lowest BCUT2D eigenvalue weighted by molar-refractivity contribution is 0.148. The van der Waals surface area contributed by atoms with Crippen molar-refractivity contribution in [2.24, 2.45) is 0 Å². The van der Waals surface area contributed by atoms with Gasteiger partial charge in [0.05, 0.1) is 18.2 Å². The Morgan fingerprint density at radius 2 is 1.83 bits per heavy atom. The van der Waals surface area contributed by atoms with E-state index in [1.165, 1.54) is 5.56 Å². The molecule has 0 amide bonds. The summed E-state index contributed by atoms with van der Waals surface area (Å²) in [5.41, 5.74) is 2.31. The van der Waals surface area contributed by atoms with E-state index in [1.54, 1.807) is 0 Å². The van der Waals surface area contributed by atoms with E-state index in [-0.39, 0.29) is 17.1 Å². The van der Waals surface area contributed by atoms with Crippen LogP contribution >= 0.6 is 0 Å². The molecule has 8 nitrogen and oxygen atoms in total. The minimum Gasteiger partial charge on any atom is -0.494 e. The van der Waals surface area contributed by atoms with E-state index < -0.39 is 0 Å². The second kappa shape index (κ2) is 11.0. The third-order valence-corrected chi connectivity index (χ3v) is 6.24. The lowest BCUT2D eigenvalue weighted by Gasteiger charge is -2.33. The van der Waals surface area contributed by atoms with Crippen molar-refractivity contribution in [2.45, 2.75) is 72.1 Å². The molecule has 190 valence electrons. The zero-order valence-electron chi connectivity index (χ0n) is 21.9. The van der Waals surface area contributed by atoms with Gasteiger partial charge in [-0.3, -0.25) is 9.69 Å². The van der Waals surface area contributed by atoms with Crippen LogP contribution in [0.3, 0.4) is 0 Å². The van der Waals surface area contributed by atoms with E-state index in [9.17, 15) is 4.79 Å². The molecule has 0 aliphatic carbocycles. The number of nitrogens with one attached hydrogen (secondary N) is 1. The predicted octanol–water partition coefficient (Wildman–Crippen LogP) is 5.21. The van der Waals surface area contributed by atoms with Crippen LogP contribution in [0.2, 0.25) is 0 Å². The summed E-state index contributed by atoms with van der Waals surface area (Å²) >= 11 is 0. The Morgan fingerprint density at radius 3 is 2.53 bits per heavy atom. The maximum absolute atomic E-state index is 13.2. The highest BCUT2D eigenvalue weighted by Gasteiger charge is 2.30. The lowest BCUT2D eigenvalue weighted by atomic mass is 10.0. The number of fused-ring (bicyclic) bond motifs is 1. The average Bonchev–Trinajstić information content (AvgIpc) is 3.34. The first kappa shape index (κ1) is 25.6. The molecule has 4 rings (SSSR count). The fourth-order valence-electron chi connectivity index (χ4n) is 4.54. The van der Waals surface area contributed by atoms with Crippen molar-refractivity contribution < 1.29 is 4.74 Å². The van der Waals surface area contributed by atoms with Gasteiger partial charge in [-0.1, -0.05) is 43.7 Å². The van der Waals surface area contributed by atoms with Crippen molar-refractivity contribution in [3.8, 4) is 5.75 Å². The predicted molar refractivity (Wildman–Crippen MR) is 142 cm³/mol. The van der Waals surface area contributed by atoms with Gasteiger partial charge in [0.25, 0.3) is 5.56 Å². The number of rotatable bonds is 10. The second-order valence-electron chi connectivity index (χ2n) is 10.1. The zero-order valence-corrected chi connectivity index (χ0v) is 21.9. The van der Waals surface area contributed by atoms with Crippen LogP contribution in [-0.2, 0) is 18.6 Å². The molecule has 2 aromatic carbocycles. The number of aromatic nitrogens is 5. The zero-order chi connectivity index (χ0) is 25.7. The van der Waals surface area contributed by atoms with Gasteiger partial charge in [-0.15, -0.1) is 5.10 Å². The Morgan fingerprint density at radius 1 is 1.06 bits per heavy atom. The minimum atomic E-state index is -0.265. The van der Waals surface area contributed by atoms with Crippen LogP contribution < -0.4 is 10.3 Å². The van der Waals surface area contributed by atoms with Crippen molar-refractivity contribution in [3.63, 3.8) is 0 Å². The number of H-pyrrole nitrogens is 1. The molecule has 0 aliphatic heterocycles. The minimum absolute atomic E-state index is 0.0608. The summed E-state index contributed by atoms with van der Waals surface area (Å²) in [5.74, 6) is 1.61. The van der Waals surface area contributed by atoms with E-state index >= 15 is 0 Å². The molecule has 1 unspecified atom stereocenters. The van der Waals surface area contributed by atoms with E-state index in [1.807, 2.05) is 54.1 Å². The fraction of sp³-hybridized carbons (Fsp3) is 0.429. The van der Waals surface area contributed by atoms with Crippen LogP contribution in [0.15, 0.2) is 59.4 Å². The number of benzene rings is 2. The Bertz CT molecular complexity index is 1340. The van der Waals surface area contributed by atoms with Crippen molar-refractivity contribution >= 4 is 10.9 Å². The number of aromatic amines is 1. The van der Waals surface area contributed by atoms with Crippen LogP contribution in [0, 0.1) is 0 Å². The number of nitrogens with zero attached hydrogens (tertiary/aromatic N) is 5. The molecule has 0 saturated carbocycles. The molecule has 0 bridgehead atoms. The summed E-state index contributed by atoms with van der Waals surface area (Å²) in [6.07, 6.45) is 1.82. The standard InChI is InChI=1S/C28H36N6O2/c1-6-11-25(26-30-31-32-34(26)28(3,4)5)33(18-20-12-9-8-10-13-20)19-22-16-21-17-23(36-7-2)14-15-24(21)29-27(22)35/h8-10,12-17,25H,6-7,11,18-19H2,1-5H3,(H,29,35). The first-order chi connectivity index (χ1) is 17.3. The van der Waals surface area contributed by atoms with Crippen molar-refractivity contribution in [1.29, 1.82) is 0 Å². The largest absolute Gasteiger partial charge is 0.494 e. The second-order valence-corrected chi connectivity index (χ2v) is 10.1. The quantitative estimate of drug-likeness (QED) is 0.330. The van der Waals surface area contributed by atoms with Gasteiger partial charge in [0.2, 0.25) is 0 Å². The Labute approximate surface area is 212 Å². The van der Waals surface area contributed by atoms with E-state index in [4.69, 9.17) is 4.74 Å². The Kier molecular flexibility index (Phi) is 7.84. The molecule has 0 fully saturated rings. The molecule has 0 radical (unpaired) electrons. The molecule has 1 N–H and O–H groups in total. The third kappa shape index (κ3) is 5.82. The summed E-state index contributed by atoms with van der Waals surface area (Å²) in [5, 5.41) is 13.8. The highest BCUT2D eigenvalue weighted by Crippen LogP contribution is 2.30. The molecular formula is C28H36N6O2. The van der Waals surface area contributed by atoms with Gasteiger partial charge >= 0.3 is 0 Å². The van der Waals surface area contributed by atoms with Gasteiger partial charge in [0.1, 0.15) is 5.75 Å². The van der Waals surface area contributed by atoms with Gasteiger partial charge in [-0.2, -0.15) is 0 Å². The average molecular weight is 489 g/mol. The summed E-state index contributed by atoms with van der Waals surface area (Å²) in [6.45, 7) is 12.1. The Balaban J connectivity index is 1.77. The summed E-state index contributed by atoms with van der Waals surface area (Å²) in [6, 6.07) is 18.0. The van der Waals surface area contributed by atoms with Crippen molar-refractivity contribution in [2.75, 3.05) is 6.61 Å². The van der Waals surface area contributed by atoms with Crippen molar-refractivity contribution in [3.05, 3.63) is 81.9 Å². The summed E-state index contributed by atoms with van der Waals surface area (Å²) in [4.78, 5) is 18.5. The van der Waals surface area contributed by atoms with Gasteiger partial charge < -0.3 is 9.72 Å². The topological polar surface area (TPSA) is 88.9 Å². The SMILES string of the molecule is CCCC(c1nnnn1C(C)(C)C)N(Cc1ccccc1)Cc1cc2cc(OCC)ccc2[nH]c1=O. The fourth-order valence-corrected chi connectivity index (χ4v) is 4.54. The number of tetrazole rings is 1. The summed E-state index contributed by atoms with van der Waals surface area (Å²) < 4.78 is 7.59. The monoisotopic (exact) mass is 488 g/mol. The Hall–Kier alpha value is -3.52. The van der Waals surface area contributed by atoms with Crippen LogP contribution in [-0.4, -0.2) is 36.7 Å². The highest BCUT2D eigenvalue weighted by atomic mass is 16.5. The maximum atomic E-state index is 13.2. The molecule has 0 aliphatic rings. The molecular weight excluding hydrogens is 452 g/mol. The lowest BCUT2D eigenvalue weighted by Crippen LogP contribution is -2.35. The molecule has 36 heavy (non-hydrogen) atoms. The van der Waals surface area contributed by atoms with Gasteiger partial charge in [-0.25, -0.2) is 4.68 Å². The molecule has 2 heterocycles. The molecule has 2 aromatic heterocycles. The van der Waals surface area contributed by atoms with Gasteiger partial charge in [0, 0.05) is 29.6 Å². The smallest absolute Gasteiger partial charge is 0.252 e. The molecule has 4 aromatic rings. The van der Waals surface area contributed by atoms with Gasteiger partial charge in [0.15, 0.2) is 5.82 Å². The normalized spacial score (nSPS) is 12.8. The maximum Gasteiger partial charge on any atom is 0.252 e. The van der Waals surface area contributed by atoms with Crippen LogP contribution in [0.5, 0.6) is 5.75 Å². The van der Waals surface area contributed by atoms with Crippen molar-refractivity contribution in [1.82, 2.24) is 30.1 Å². The first-order valence-corrected chi connectivity index (χ1v) is 12.7. The number of pyridine rings is 1. The number of ether oxygens (including phenoxy) is 1. The highest BCUT2D eigenvalue weighted by molar-refractivity contribution is 5.80. The molecule has 0 spiro atoms. The number of hydrogen-bond donors (Lipinski definition) is 1. The van der Waals surface area contributed by atoms with E-state index in [2.05, 4.69) is 65.2 Å². The molecule has 0 saturated heterocycles. The first-order valence-electron chi connectivity index (χ1n) is 12.7. The van der Waals surface area contributed by atoms with E-state index in [0.29, 0.717) is 25.3 Å². The molecule has 8 heteroatoms. The van der Waals surface area contributed by atoms with E-state index in [0.717, 1.165) is 35.3 Å². The summed E-state index contributed by atoms with van der Waals surface area (Å²) in [7, 11) is 0. The number of hydrogen-bond acceptors (Lipinski definition) is 6. The van der Waals surface area contributed by atoms with Crippen LogP contribution in [0.1, 0.15) is 70.5 Å².